The van der Waals surface area contributed by atoms with Crippen molar-refractivity contribution in [1.82, 2.24) is 10.2 Å². The molecule has 0 spiro atoms. The standard InChI is InChI=1S/C16H20F2N2O2S/c1-10(11-3-6-13(17)14(18)7-11)23-9-16(22)20(2)8-15(21)19-12-4-5-12/h3,6-7,10,12H,4-5,8-9H2,1-2H3,(H,19,21)/t10-/m1/s1. The van der Waals surface area contributed by atoms with Crippen molar-refractivity contribution in [3.05, 3.63) is 35.4 Å². The van der Waals surface area contributed by atoms with E-state index in [-0.39, 0.29) is 35.4 Å². The number of carbonyl (C=O) groups excluding carboxylic acids is 2. The predicted molar refractivity (Wildman–Crippen MR) is 86.0 cm³/mol. The van der Waals surface area contributed by atoms with Crippen molar-refractivity contribution in [3.63, 3.8) is 0 Å². The number of hydrogen-bond donors (Lipinski definition) is 1. The summed E-state index contributed by atoms with van der Waals surface area (Å²) in [6.07, 6.45) is 2.01. The van der Waals surface area contributed by atoms with Gasteiger partial charge in [-0.05, 0) is 37.5 Å². The van der Waals surface area contributed by atoms with E-state index >= 15 is 0 Å². The molecule has 126 valence electrons. The fraction of sp³-hybridized carbons (Fsp3) is 0.500. The van der Waals surface area contributed by atoms with Crippen LogP contribution in [0.5, 0.6) is 0 Å². The SMILES string of the molecule is C[C@@H](SCC(=O)N(C)CC(=O)NC1CC1)c1ccc(F)c(F)c1. The summed E-state index contributed by atoms with van der Waals surface area (Å²) < 4.78 is 26.1. The van der Waals surface area contributed by atoms with Gasteiger partial charge in [0.25, 0.3) is 0 Å². The summed E-state index contributed by atoms with van der Waals surface area (Å²) in [5.41, 5.74) is 0.621. The van der Waals surface area contributed by atoms with E-state index in [1.54, 1.807) is 7.05 Å². The predicted octanol–water partition coefficient (Wildman–Crippen LogP) is 2.50. The number of likely N-dealkylation sites (N-methyl/N-ethyl adjacent to an activating group) is 1. The fourth-order valence-corrected chi connectivity index (χ4v) is 2.92. The molecule has 1 N–H and O–H groups in total. The highest BCUT2D eigenvalue weighted by molar-refractivity contribution is 8.00. The zero-order valence-electron chi connectivity index (χ0n) is 13.1. The van der Waals surface area contributed by atoms with Gasteiger partial charge in [-0.3, -0.25) is 9.59 Å². The van der Waals surface area contributed by atoms with E-state index in [1.165, 1.54) is 22.7 Å². The smallest absolute Gasteiger partial charge is 0.239 e. The normalized spacial score (nSPS) is 15.1. The van der Waals surface area contributed by atoms with Crippen LogP contribution in [0, 0.1) is 11.6 Å². The van der Waals surface area contributed by atoms with Crippen LogP contribution in [-0.2, 0) is 9.59 Å². The Morgan fingerprint density at radius 2 is 2.04 bits per heavy atom. The van der Waals surface area contributed by atoms with Gasteiger partial charge in [0.15, 0.2) is 11.6 Å². The van der Waals surface area contributed by atoms with Crippen LogP contribution >= 0.6 is 11.8 Å². The Hall–Kier alpha value is -1.63. The molecular weight excluding hydrogens is 322 g/mol. The van der Waals surface area contributed by atoms with E-state index < -0.39 is 11.6 Å². The van der Waals surface area contributed by atoms with E-state index in [1.807, 2.05) is 6.92 Å². The molecule has 1 aliphatic rings. The van der Waals surface area contributed by atoms with Gasteiger partial charge in [-0.25, -0.2) is 8.78 Å². The maximum atomic E-state index is 13.2. The van der Waals surface area contributed by atoms with E-state index in [0.717, 1.165) is 25.0 Å². The van der Waals surface area contributed by atoms with Crippen molar-refractivity contribution in [3.8, 4) is 0 Å². The first-order valence-electron chi connectivity index (χ1n) is 7.46. The molecule has 1 aromatic carbocycles. The largest absolute Gasteiger partial charge is 0.352 e. The summed E-state index contributed by atoms with van der Waals surface area (Å²) in [7, 11) is 1.58. The van der Waals surface area contributed by atoms with Gasteiger partial charge >= 0.3 is 0 Å². The minimum absolute atomic E-state index is 0.0372. The fourth-order valence-electron chi connectivity index (χ4n) is 1.97. The lowest BCUT2D eigenvalue weighted by Crippen LogP contribution is -2.39. The maximum Gasteiger partial charge on any atom is 0.239 e. The minimum atomic E-state index is -0.893. The second-order valence-corrected chi connectivity index (χ2v) is 7.05. The zero-order valence-corrected chi connectivity index (χ0v) is 14.0. The van der Waals surface area contributed by atoms with Crippen LogP contribution in [-0.4, -0.2) is 42.1 Å². The molecule has 1 aromatic rings. The quantitative estimate of drug-likeness (QED) is 0.828. The molecule has 0 aliphatic heterocycles. The van der Waals surface area contributed by atoms with Crippen LogP contribution in [0.1, 0.15) is 30.6 Å². The number of carbonyl (C=O) groups is 2. The number of halogens is 2. The van der Waals surface area contributed by atoms with Crippen LogP contribution in [0.25, 0.3) is 0 Å². The van der Waals surface area contributed by atoms with E-state index in [2.05, 4.69) is 5.32 Å². The topological polar surface area (TPSA) is 49.4 Å². The van der Waals surface area contributed by atoms with Crippen LogP contribution in [0.4, 0.5) is 8.78 Å². The van der Waals surface area contributed by atoms with Crippen molar-refractivity contribution in [2.75, 3.05) is 19.3 Å². The van der Waals surface area contributed by atoms with Crippen LogP contribution in [0.15, 0.2) is 18.2 Å². The van der Waals surface area contributed by atoms with Gasteiger partial charge in [0.05, 0.1) is 12.3 Å². The molecule has 0 heterocycles. The van der Waals surface area contributed by atoms with Gasteiger partial charge in [0.1, 0.15) is 0 Å². The van der Waals surface area contributed by atoms with Gasteiger partial charge in [0, 0.05) is 18.3 Å². The Balaban J connectivity index is 1.77. The molecule has 1 aliphatic carbocycles. The number of hydrogen-bond acceptors (Lipinski definition) is 3. The number of nitrogens with one attached hydrogen (secondary N) is 1. The first-order valence-corrected chi connectivity index (χ1v) is 8.51. The minimum Gasteiger partial charge on any atom is -0.352 e. The average molecular weight is 342 g/mol. The monoisotopic (exact) mass is 342 g/mol. The van der Waals surface area contributed by atoms with Crippen LogP contribution in [0.2, 0.25) is 0 Å². The van der Waals surface area contributed by atoms with Crippen LogP contribution in [0.3, 0.4) is 0 Å². The average Bonchev–Trinajstić information content (AvgIpc) is 3.30. The highest BCUT2D eigenvalue weighted by Crippen LogP contribution is 2.29. The Morgan fingerprint density at radius 1 is 1.35 bits per heavy atom. The number of benzene rings is 1. The Bertz CT molecular complexity index is 593. The second-order valence-electron chi connectivity index (χ2n) is 5.72. The van der Waals surface area contributed by atoms with Crippen molar-refractivity contribution in [2.45, 2.75) is 31.1 Å². The first kappa shape index (κ1) is 17.7. The molecule has 1 atom stereocenters. The van der Waals surface area contributed by atoms with Crippen molar-refractivity contribution in [2.24, 2.45) is 0 Å². The molecular formula is C16H20F2N2O2S. The third kappa shape index (κ3) is 5.49. The molecule has 2 rings (SSSR count). The molecule has 2 amide bonds. The zero-order chi connectivity index (χ0) is 17.0. The molecule has 0 bridgehead atoms. The summed E-state index contributed by atoms with van der Waals surface area (Å²) in [4.78, 5) is 25.1. The highest BCUT2D eigenvalue weighted by Gasteiger charge is 2.24. The van der Waals surface area contributed by atoms with Gasteiger partial charge in [-0.1, -0.05) is 6.07 Å². The van der Waals surface area contributed by atoms with Crippen molar-refractivity contribution >= 4 is 23.6 Å². The molecule has 7 heteroatoms. The van der Waals surface area contributed by atoms with Crippen molar-refractivity contribution in [1.29, 1.82) is 0 Å². The first-order chi connectivity index (χ1) is 10.9. The lowest BCUT2D eigenvalue weighted by Gasteiger charge is -2.18. The highest BCUT2D eigenvalue weighted by atomic mass is 32.2. The number of amides is 2. The summed E-state index contributed by atoms with van der Waals surface area (Å²) in [6.45, 7) is 1.86. The number of thioether (sulfide) groups is 1. The lowest BCUT2D eigenvalue weighted by atomic mass is 10.1. The third-order valence-electron chi connectivity index (χ3n) is 3.62. The Kier molecular flexibility index (Phi) is 5.98. The molecule has 0 saturated heterocycles. The lowest BCUT2D eigenvalue weighted by molar-refractivity contribution is -0.132. The molecule has 1 fully saturated rings. The van der Waals surface area contributed by atoms with Gasteiger partial charge in [0.2, 0.25) is 11.8 Å². The molecule has 1 saturated carbocycles. The molecule has 0 unspecified atom stereocenters. The molecule has 0 aromatic heterocycles. The molecule has 0 radical (unpaired) electrons. The van der Waals surface area contributed by atoms with Gasteiger partial charge in [-0.15, -0.1) is 11.8 Å². The molecule has 4 nitrogen and oxygen atoms in total. The summed E-state index contributed by atoms with van der Waals surface area (Å²) in [5, 5.41) is 2.67. The van der Waals surface area contributed by atoms with Gasteiger partial charge in [-0.2, -0.15) is 0 Å². The Labute approximate surface area is 138 Å². The number of nitrogens with zero attached hydrogens (tertiary/aromatic N) is 1. The maximum absolute atomic E-state index is 13.2. The Morgan fingerprint density at radius 3 is 2.65 bits per heavy atom. The van der Waals surface area contributed by atoms with Crippen molar-refractivity contribution < 1.29 is 18.4 Å². The van der Waals surface area contributed by atoms with E-state index in [9.17, 15) is 18.4 Å². The van der Waals surface area contributed by atoms with Crippen LogP contribution < -0.4 is 5.32 Å². The van der Waals surface area contributed by atoms with E-state index in [4.69, 9.17) is 0 Å². The summed E-state index contributed by atoms with van der Waals surface area (Å²) >= 11 is 1.32. The van der Waals surface area contributed by atoms with Gasteiger partial charge < -0.3 is 10.2 Å². The van der Waals surface area contributed by atoms with E-state index in [0.29, 0.717) is 5.56 Å². The third-order valence-corrected chi connectivity index (χ3v) is 4.80. The molecule has 23 heavy (non-hydrogen) atoms. The summed E-state index contributed by atoms with van der Waals surface area (Å²) in [5.74, 6) is -1.93. The number of rotatable bonds is 7. The second kappa shape index (κ2) is 7.77. The summed E-state index contributed by atoms with van der Waals surface area (Å²) in [6, 6.07) is 4.00.